The molecule has 1 aromatic carbocycles. The first-order valence-electron chi connectivity index (χ1n) is 5.66. The number of hydrogen-bond acceptors (Lipinski definition) is 4. The summed E-state index contributed by atoms with van der Waals surface area (Å²) in [6.45, 7) is 2.12. The lowest BCUT2D eigenvalue weighted by atomic mass is 10.2. The van der Waals surface area contributed by atoms with Gasteiger partial charge in [-0.05, 0) is 18.6 Å². The molecule has 1 aliphatic heterocycles. The number of fused-ring (bicyclic) bond motifs is 1. The van der Waals surface area contributed by atoms with Crippen LogP contribution in [0.25, 0.3) is 0 Å². The lowest BCUT2D eigenvalue weighted by Crippen LogP contribution is -2.43. The molecule has 1 aromatic rings. The molecule has 1 aliphatic rings. The van der Waals surface area contributed by atoms with Gasteiger partial charge in [0.1, 0.15) is 5.75 Å². The molecule has 0 aromatic heterocycles. The van der Waals surface area contributed by atoms with Gasteiger partial charge < -0.3 is 20.5 Å². The highest BCUT2D eigenvalue weighted by Gasteiger charge is 2.21. The van der Waals surface area contributed by atoms with Gasteiger partial charge in [0.15, 0.2) is 0 Å². The molecule has 1 heterocycles. The Bertz CT molecular complexity index is 340. The Balaban J connectivity index is 2.31. The molecule has 0 saturated heterocycles. The molecule has 1 atom stereocenters. The summed E-state index contributed by atoms with van der Waals surface area (Å²) < 4.78 is 5.65. The lowest BCUT2D eigenvalue weighted by molar-refractivity contribution is 0.261. The monoisotopic (exact) mass is 222 g/mol. The fraction of sp³-hybridized carbons (Fsp3) is 0.500. The van der Waals surface area contributed by atoms with Crippen molar-refractivity contribution in [3.63, 3.8) is 0 Å². The van der Waals surface area contributed by atoms with Gasteiger partial charge in [0.05, 0.1) is 24.9 Å². The van der Waals surface area contributed by atoms with E-state index >= 15 is 0 Å². The van der Waals surface area contributed by atoms with Crippen molar-refractivity contribution in [2.24, 2.45) is 5.73 Å². The van der Waals surface area contributed by atoms with Gasteiger partial charge in [-0.2, -0.15) is 0 Å². The third kappa shape index (κ3) is 2.13. The number of hydrogen-bond donors (Lipinski definition) is 2. The maximum Gasteiger partial charge on any atom is 0.142 e. The predicted octanol–water partition coefficient (Wildman–Crippen LogP) is 0.595. The summed E-state index contributed by atoms with van der Waals surface area (Å²) >= 11 is 0. The Kier molecular flexibility index (Phi) is 3.64. The highest BCUT2D eigenvalue weighted by Crippen LogP contribution is 2.31. The average molecular weight is 222 g/mol. The number of aliphatic hydroxyl groups is 1. The van der Waals surface area contributed by atoms with E-state index in [1.54, 1.807) is 0 Å². The number of aliphatic hydroxyl groups excluding tert-OH is 1. The first-order chi connectivity index (χ1) is 7.86. The zero-order valence-electron chi connectivity index (χ0n) is 9.30. The van der Waals surface area contributed by atoms with Crippen LogP contribution >= 0.6 is 0 Å². The minimum Gasteiger partial charge on any atom is -0.491 e. The second-order valence-electron chi connectivity index (χ2n) is 3.94. The molecule has 88 valence electrons. The molecular formula is C12H18N2O2. The van der Waals surface area contributed by atoms with E-state index in [-0.39, 0.29) is 12.6 Å². The van der Waals surface area contributed by atoms with Crippen molar-refractivity contribution in [3.8, 4) is 5.75 Å². The van der Waals surface area contributed by atoms with Crippen LogP contribution in [0.5, 0.6) is 5.75 Å². The molecule has 0 radical (unpaired) electrons. The van der Waals surface area contributed by atoms with Crippen molar-refractivity contribution in [1.82, 2.24) is 0 Å². The van der Waals surface area contributed by atoms with E-state index in [1.807, 2.05) is 24.3 Å². The molecular weight excluding hydrogens is 204 g/mol. The molecule has 0 amide bonds. The SMILES string of the molecule is NCC(CO)N1CCCOc2ccccc21. The van der Waals surface area contributed by atoms with Crippen molar-refractivity contribution in [3.05, 3.63) is 24.3 Å². The minimum absolute atomic E-state index is 0.0251. The van der Waals surface area contributed by atoms with Crippen molar-refractivity contribution >= 4 is 5.69 Å². The second-order valence-corrected chi connectivity index (χ2v) is 3.94. The first kappa shape index (κ1) is 11.2. The van der Waals surface area contributed by atoms with E-state index in [1.165, 1.54) is 0 Å². The standard InChI is InChI=1S/C12H18N2O2/c13-8-10(9-15)14-6-3-7-16-12-5-2-1-4-11(12)14/h1-2,4-5,10,15H,3,6-9,13H2. The summed E-state index contributed by atoms with van der Waals surface area (Å²) in [7, 11) is 0. The van der Waals surface area contributed by atoms with Crippen molar-refractivity contribution in [1.29, 1.82) is 0 Å². The topological polar surface area (TPSA) is 58.7 Å². The summed E-state index contributed by atoms with van der Waals surface area (Å²) in [4.78, 5) is 2.14. The number of nitrogens with zero attached hydrogens (tertiary/aromatic N) is 1. The normalized spacial score (nSPS) is 17.2. The summed E-state index contributed by atoms with van der Waals surface area (Å²) in [6, 6.07) is 7.88. The molecule has 4 heteroatoms. The van der Waals surface area contributed by atoms with Crippen LogP contribution in [0.15, 0.2) is 24.3 Å². The van der Waals surface area contributed by atoms with E-state index in [4.69, 9.17) is 10.5 Å². The highest BCUT2D eigenvalue weighted by atomic mass is 16.5. The zero-order valence-corrected chi connectivity index (χ0v) is 9.30. The van der Waals surface area contributed by atoms with Gasteiger partial charge in [0.2, 0.25) is 0 Å². The summed E-state index contributed by atoms with van der Waals surface area (Å²) in [5, 5.41) is 9.33. The molecule has 0 saturated carbocycles. The number of nitrogens with two attached hydrogens (primary N) is 1. The Morgan fingerprint density at radius 2 is 2.25 bits per heavy atom. The molecule has 0 fully saturated rings. The van der Waals surface area contributed by atoms with Crippen LogP contribution in [-0.2, 0) is 0 Å². The van der Waals surface area contributed by atoms with Crippen LogP contribution in [-0.4, -0.2) is 37.5 Å². The van der Waals surface area contributed by atoms with E-state index < -0.39 is 0 Å². The molecule has 1 unspecified atom stereocenters. The van der Waals surface area contributed by atoms with E-state index in [0.717, 1.165) is 31.0 Å². The third-order valence-electron chi connectivity index (χ3n) is 2.90. The van der Waals surface area contributed by atoms with E-state index in [0.29, 0.717) is 6.54 Å². The molecule has 0 aliphatic carbocycles. The van der Waals surface area contributed by atoms with Gasteiger partial charge >= 0.3 is 0 Å². The third-order valence-corrected chi connectivity index (χ3v) is 2.90. The largest absolute Gasteiger partial charge is 0.491 e. The summed E-state index contributed by atoms with van der Waals surface area (Å²) in [5.74, 6) is 0.881. The zero-order chi connectivity index (χ0) is 11.4. The Hall–Kier alpha value is -1.26. The van der Waals surface area contributed by atoms with Gasteiger partial charge in [-0.15, -0.1) is 0 Å². The molecule has 0 spiro atoms. The highest BCUT2D eigenvalue weighted by molar-refractivity contribution is 5.59. The maximum atomic E-state index is 9.33. The van der Waals surface area contributed by atoms with E-state index in [9.17, 15) is 5.11 Å². The van der Waals surface area contributed by atoms with Crippen molar-refractivity contribution < 1.29 is 9.84 Å². The van der Waals surface area contributed by atoms with Gasteiger partial charge in [-0.3, -0.25) is 0 Å². The average Bonchev–Trinajstić information content (AvgIpc) is 2.54. The quantitative estimate of drug-likeness (QED) is 0.786. The fourth-order valence-corrected chi connectivity index (χ4v) is 2.03. The smallest absolute Gasteiger partial charge is 0.142 e. The molecule has 3 N–H and O–H groups in total. The number of anilines is 1. The van der Waals surface area contributed by atoms with Gasteiger partial charge in [-0.25, -0.2) is 0 Å². The fourth-order valence-electron chi connectivity index (χ4n) is 2.03. The number of para-hydroxylation sites is 2. The molecule has 16 heavy (non-hydrogen) atoms. The Morgan fingerprint density at radius 3 is 3.00 bits per heavy atom. The molecule has 2 rings (SSSR count). The second kappa shape index (κ2) is 5.18. The maximum absolute atomic E-state index is 9.33. The number of ether oxygens (including phenoxy) is 1. The van der Waals surface area contributed by atoms with Gasteiger partial charge in [0.25, 0.3) is 0 Å². The van der Waals surface area contributed by atoms with Crippen LogP contribution < -0.4 is 15.4 Å². The predicted molar refractivity (Wildman–Crippen MR) is 63.8 cm³/mol. The van der Waals surface area contributed by atoms with Gasteiger partial charge in [0, 0.05) is 13.1 Å². The summed E-state index contributed by atoms with van der Waals surface area (Å²) in [6.07, 6.45) is 0.950. The lowest BCUT2D eigenvalue weighted by Gasteiger charge is -2.30. The first-order valence-corrected chi connectivity index (χ1v) is 5.66. The van der Waals surface area contributed by atoms with Crippen molar-refractivity contribution in [2.45, 2.75) is 12.5 Å². The van der Waals surface area contributed by atoms with Gasteiger partial charge in [-0.1, -0.05) is 12.1 Å². The summed E-state index contributed by atoms with van der Waals surface area (Å²) in [5.41, 5.74) is 6.71. The number of benzene rings is 1. The van der Waals surface area contributed by atoms with Crippen LogP contribution in [0.1, 0.15) is 6.42 Å². The number of rotatable bonds is 3. The van der Waals surface area contributed by atoms with Crippen LogP contribution in [0.3, 0.4) is 0 Å². The molecule has 0 bridgehead atoms. The van der Waals surface area contributed by atoms with Crippen LogP contribution in [0.2, 0.25) is 0 Å². The minimum atomic E-state index is -0.0251. The van der Waals surface area contributed by atoms with Crippen LogP contribution in [0, 0.1) is 0 Å². The molecule has 4 nitrogen and oxygen atoms in total. The van der Waals surface area contributed by atoms with Crippen molar-refractivity contribution in [2.75, 3.05) is 31.2 Å². The van der Waals surface area contributed by atoms with E-state index in [2.05, 4.69) is 4.90 Å². The Labute approximate surface area is 95.6 Å². The Morgan fingerprint density at radius 1 is 1.44 bits per heavy atom. The van der Waals surface area contributed by atoms with Crippen LogP contribution in [0.4, 0.5) is 5.69 Å².